The molecule has 3 saturated heterocycles. The molecule has 1 aromatic rings. The van der Waals surface area contributed by atoms with Gasteiger partial charge in [-0.05, 0) is 112 Å². The van der Waals surface area contributed by atoms with E-state index < -0.39 is 108 Å². The maximum atomic E-state index is 14.9. The number of aliphatic hydroxyl groups excluding tert-OH is 3. The standard InChI is InChI=1S/C44H74FN3O12S/c1-14-32-44(10,54)36(50)27(6)48(41(61)46-30-18-16-15-17-29(30)45)22-23(2)20-42(8,53)38(60-40-34(49)31(47(11)12)19-24(3)56-40)25(4)35(26(5)39(52)58-32)59-33-21-43(9,55-13)37(51)28(7)57-33/h15-18,23-28,31-38,40,49-51,53-54H,14,19-22H2,1-13H3,(H,46,61)/t23-,24-,25+,26-,27-,28+,31-,32-,33+,34-,35+,36-,37+,38-,40+,42-,43-,44-/m1/s1. The summed E-state index contributed by atoms with van der Waals surface area (Å²) in [5, 5.41) is 62.6. The molecule has 3 fully saturated rings. The minimum Gasteiger partial charge on any atom is -0.459 e. The molecule has 3 aliphatic rings. The van der Waals surface area contributed by atoms with E-state index in [1.54, 1.807) is 65.5 Å². The molecule has 0 spiro atoms. The van der Waals surface area contributed by atoms with Gasteiger partial charge in [-0.1, -0.05) is 32.9 Å². The first-order valence-corrected chi connectivity index (χ1v) is 22.0. The van der Waals surface area contributed by atoms with Gasteiger partial charge in [0.1, 0.15) is 35.8 Å². The lowest BCUT2D eigenvalue weighted by Crippen LogP contribution is -2.61. The molecule has 17 heteroatoms. The van der Waals surface area contributed by atoms with Crippen LogP contribution in [-0.2, 0) is 33.2 Å². The number of anilines is 1. The van der Waals surface area contributed by atoms with Crippen molar-refractivity contribution in [3.8, 4) is 0 Å². The Morgan fingerprint density at radius 2 is 1.64 bits per heavy atom. The van der Waals surface area contributed by atoms with Crippen molar-refractivity contribution in [1.82, 2.24) is 9.80 Å². The number of nitrogens with zero attached hydrogens (tertiary/aromatic N) is 2. The molecule has 1 aromatic carbocycles. The van der Waals surface area contributed by atoms with Crippen molar-refractivity contribution in [2.24, 2.45) is 17.8 Å². The smallest absolute Gasteiger partial charge is 0.311 e. The summed E-state index contributed by atoms with van der Waals surface area (Å²) in [6.45, 7) is 17.1. The fourth-order valence-electron chi connectivity index (χ4n) is 9.53. The number of methoxy groups -OCH3 is 1. The number of nitrogens with one attached hydrogen (secondary N) is 1. The zero-order valence-corrected chi connectivity index (χ0v) is 39.1. The van der Waals surface area contributed by atoms with Crippen LogP contribution in [0.4, 0.5) is 10.1 Å². The Balaban J connectivity index is 1.87. The monoisotopic (exact) mass is 887 g/mol. The van der Waals surface area contributed by atoms with Crippen molar-refractivity contribution >= 4 is 29.0 Å². The Bertz CT molecular complexity index is 1610. The Hall–Kier alpha value is -2.13. The second-order valence-electron chi connectivity index (χ2n) is 18.8. The van der Waals surface area contributed by atoms with Gasteiger partial charge in [0, 0.05) is 32.0 Å². The van der Waals surface area contributed by atoms with Crippen molar-refractivity contribution in [2.45, 2.75) is 185 Å². The van der Waals surface area contributed by atoms with Gasteiger partial charge in [-0.25, -0.2) is 4.39 Å². The highest BCUT2D eigenvalue weighted by atomic mass is 32.1. The van der Waals surface area contributed by atoms with Gasteiger partial charge in [-0.2, -0.15) is 0 Å². The topological polar surface area (TPSA) is 192 Å². The fourth-order valence-corrected chi connectivity index (χ4v) is 9.88. The summed E-state index contributed by atoms with van der Waals surface area (Å²) in [6.07, 6.45) is -9.67. The van der Waals surface area contributed by atoms with Crippen LogP contribution in [0.5, 0.6) is 0 Å². The number of carbonyl (C=O) groups is 1. The van der Waals surface area contributed by atoms with Crippen LogP contribution in [0.25, 0.3) is 0 Å². The first kappa shape index (κ1) is 51.5. The summed E-state index contributed by atoms with van der Waals surface area (Å²) in [6, 6.07) is 4.74. The fraction of sp³-hybridized carbons (Fsp3) is 0.818. The van der Waals surface area contributed by atoms with Crippen molar-refractivity contribution in [2.75, 3.05) is 33.1 Å². The van der Waals surface area contributed by atoms with E-state index >= 15 is 0 Å². The lowest BCUT2D eigenvalue weighted by Gasteiger charge is -2.49. The highest BCUT2D eigenvalue weighted by molar-refractivity contribution is 7.80. The minimum atomic E-state index is -2.02. The van der Waals surface area contributed by atoms with Gasteiger partial charge >= 0.3 is 5.97 Å². The quantitative estimate of drug-likeness (QED) is 0.163. The van der Waals surface area contributed by atoms with Crippen LogP contribution < -0.4 is 5.32 Å². The number of rotatable bonds is 8. The largest absolute Gasteiger partial charge is 0.459 e. The van der Waals surface area contributed by atoms with Crippen molar-refractivity contribution in [3.63, 3.8) is 0 Å². The van der Waals surface area contributed by atoms with Gasteiger partial charge in [-0.15, -0.1) is 0 Å². The SMILES string of the molecule is CC[C@H]1OC(=O)[C@H](C)[C@@H](O[C@H]2C[C@@](C)(OC)[C@@H](O)[C@H](C)O2)[C@H](C)[C@@H](O[C@@H]2O[C@H](C)C[C@@H](N(C)C)[C@H]2O)[C@](C)(O)C[C@@H](C)CN(C(=S)Nc2ccccc2F)[C@H](C)[C@@H](O)[C@]1(C)O. The van der Waals surface area contributed by atoms with Crippen molar-refractivity contribution in [1.29, 1.82) is 0 Å². The highest BCUT2D eigenvalue weighted by Crippen LogP contribution is 2.40. The van der Waals surface area contributed by atoms with Gasteiger partial charge < -0.3 is 69.1 Å². The zero-order valence-electron chi connectivity index (χ0n) is 38.3. The average Bonchev–Trinajstić information content (AvgIpc) is 3.18. The van der Waals surface area contributed by atoms with E-state index in [0.717, 1.165) is 0 Å². The van der Waals surface area contributed by atoms with E-state index in [1.165, 1.54) is 26.2 Å². The van der Waals surface area contributed by atoms with Crippen molar-refractivity contribution in [3.05, 3.63) is 30.1 Å². The molecule has 4 rings (SSSR count). The number of halogens is 1. The molecule has 61 heavy (non-hydrogen) atoms. The molecule has 350 valence electrons. The lowest BCUT2D eigenvalue weighted by atomic mass is 9.77. The number of benzene rings is 1. The summed E-state index contributed by atoms with van der Waals surface area (Å²) in [4.78, 5) is 18.0. The van der Waals surface area contributed by atoms with Crippen LogP contribution in [0.1, 0.15) is 94.9 Å². The predicted octanol–water partition coefficient (Wildman–Crippen LogP) is 3.81. The van der Waals surface area contributed by atoms with Crippen LogP contribution in [0.3, 0.4) is 0 Å². The Kier molecular flexibility index (Phi) is 17.6. The Labute approximate surface area is 367 Å². The molecule has 0 aromatic heterocycles. The summed E-state index contributed by atoms with van der Waals surface area (Å²) in [5.41, 5.74) is -4.72. The number of thiocarbonyl (C=S) groups is 1. The first-order chi connectivity index (χ1) is 28.3. The van der Waals surface area contributed by atoms with Crippen LogP contribution in [0, 0.1) is 23.6 Å². The predicted molar refractivity (Wildman–Crippen MR) is 231 cm³/mol. The number of hydrogen-bond donors (Lipinski definition) is 6. The van der Waals surface area contributed by atoms with Crippen LogP contribution in [-0.4, -0.2) is 164 Å². The molecule has 0 unspecified atom stereocenters. The van der Waals surface area contributed by atoms with Crippen LogP contribution in [0.2, 0.25) is 0 Å². The van der Waals surface area contributed by atoms with E-state index in [-0.39, 0.29) is 48.8 Å². The number of para-hydroxylation sites is 1. The van der Waals surface area contributed by atoms with Gasteiger partial charge in [0.2, 0.25) is 0 Å². The van der Waals surface area contributed by atoms with E-state index in [4.69, 9.17) is 40.6 Å². The molecule has 3 heterocycles. The van der Waals surface area contributed by atoms with Gasteiger partial charge in [0.15, 0.2) is 17.7 Å². The maximum absolute atomic E-state index is 14.9. The normalized spacial score (nSPS) is 43.6. The summed E-state index contributed by atoms with van der Waals surface area (Å²) >= 11 is 5.86. The van der Waals surface area contributed by atoms with E-state index in [1.807, 2.05) is 32.8 Å². The molecule has 0 bridgehead atoms. The Morgan fingerprint density at radius 3 is 2.23 bits per heavy atom. The summed E-state index contributed by atoms with van der Waals surface area (Å²) in [5.74, 6) is -3.70. The molecule has 0 aliphatic carbocycles. The Morgan fingerprint density at radius 1 is 1.00 bits per heavy atom. The number of ether oxygens (including phenoxy) is 6. The number of carbonyl (C=O) groups excluding carboxylic acids is 1. The molecule has 3 aliphatic heterocycles. The average molecular weight is 888 g/mol. The third-order valence-corrected chi connectivity index (χ3v) is 13.6. The third-order valence-electron chi connectivity index (χ3n) is 13.3. The molecule has 0 saturated carbocycles. The van der Waals surface area contributed by atoms with Gasteiger partial charge in [-0.3, -0.25) is 4.79 Å². The molecule has 0 amide bonds. The number of likely N-dealkylation sites (N-methyl/N-ethyl adjacent to an activating group) is 1. The maximum Gasteiger partial charge on any atom is 0.311 e. The molecular weight excluding hydrogens is 814 g/mol. The summed E-state index contributed by atoms with van der Waals surface area (Å²) in [7, 11) is 5.20. The van der Waals surface area contributed by atoms with Crippen LogP contribution in [0.15, 0.2) is 24.3 Å². The van der Waals surface area contributed by atoms with E-state index in [0.29, 0.717) is 6.42 Å². The second kappa shape index (κ2) is 20.8. The molecule has 0 radical (unpaired) electrons. The number of esters is 1. The minimum absolute atomic E-state index is 0.0452. The second-order valence-corrected chi connectivity index (χ2v) is 19.2. The summed E-state index contributed by atoms with van der Waals surface area (Å²) < 4.78 is 52.7. The van der Waals surface area contributed by atoms with Gasteiger partial charge in [0.25, 0.3) is 0 Å². The third kappa shape index (κ3) is 11.8. The van der Waals surface area contributed by atoms with Crippen molar-refractivity contribution < 1.29 is 63.1 Å². The molecule has 15 nitrogen and oxygen atoms in total. The van der Waals surface area contributed by atoms with E-state index in [9.17, 15) is 34.7 Å². The molecule has 6 N–H and O–H groups in total. The highest BCUT2D eigenvalue weighted by Gasteiger charge is 2.53. The molecule has 18 atom stereocenters. The zero-order chi connectivity index (χ0) is 45.9. The number of aliphatic hydroxyl groups is 5. The van der Waals surface area contributed by atoms with Gasteiger partial charge in [0.05, 0.1) is 53.3 Å². The van der Waals surface area contributed by atoms with Crippen LogP contribution >= 0.6 is 12.2 Å². The number of hydrogen-bond acceptors (Lipinski definition) is 14. The molecular formula is C44H74FN3O12S. The number of cyclic esters (lactones) is 1. The first-order valence-electron chi connectivity index (χ1n) is 21.6. The lowest BCUT2D eigenvalue weighted by molar-refractivity contribution is -0.318. The van der Waals surface area contributed by atoms with E-state index in [2.05, 4.69) is 5.32 Å².